The Morgan fingerprint density at radius 2 is 1.29 bits per heavy atom. The fourth-order valence-corrected chi connectivity index (χ4v) is 18.5. The van der Waals surface area contributed by atoms with E-state index in [4.69, 9.17) is 20.2 Å². The van der Waals surface area contributed by atoms with E-state index in [2.05, 4.69) is 85.2 Å². The lowest BCUT2D eigenvalue weighted by atomic mass is 10.1. The van der Waals surface area contributed by atoms with Gasteiger partial charge >= 0.3 is 0 Å². The molecular formula is C14H36ClN2OPSi2. The predicted octanol–water partition coefficient (Wildman–Crippen LogP) is 6.76. The molecule has 0 radical (unpaired) electrons. The minimum atomic E-state index is -2.51. The summed E-state index contributed by atoms with van der Waals surface area (Å²) in [5, 5.41) is 0. The molecule has 1 atom stereocenters. The first-order valence-electron chi connectivity index (χ1n) is 7.63. The van der Waals surface area contributed by atoms with E-state index >= 15 is 0 Å². The summed E-state index contributed by atoms with van der Waals surface area (Å²) in [7, 11) is -3.42. The van der Waals surface area contributed by atoms with Gasteiger partial charge in [-0.2, -0.15) is 0 Å². The Morgan fingerprint density at radius 1 is 0.905 bits per heavy atom. The molecular weight excluding hydrogens is 335 g/mol. The van der Waals surface area contributed by atoms with Gasteiger partial charge in [-0.15, -0.1) is 0 Å². The molecule has 0 spiro atoms. The van der Waals surface area contributed by atoms with Crippen molar-refractivity contribution in [3.05, 3.63) is 0 Å². The molecule has 0 bridgehead atoms. The third-order valence-corrected chi connectivity index (χ3v) is 13.9. The van der Waals surface area contributed by atoms with Crippen molar-refractivity contribution in [3.63, 3.8) is 0 Å². The smallest absolute Gasteiger partial charge is 0.231 e. The van der Waals surface area contributed by atoms with Crippen molar-refractivity contribution in [3.8, 4) is 0 Å². The molecule has 0 saturated carbocycles. The zero-order valence-corrected chi connectivity index (χ0v) is 19.8. The van der Waals surface area contributed by atoms with Gasteiger partial charge in [-0.05, 0) is 72.4 Å². The van der Waals surface area contributed by atoms with Gasteiger partial charge in [-0.25, -0.2) is 0 Å². The first-order valence-corrected chi connectivity index (χ1v) is 17.0. The SMILES string of the molecule is CC(C)(C)OP(Cl)(=N[Si](C)(C)C)N(C(C)(C)C)[Si](C)(C)C. The van der Waals surface area contributed by atoms with E-state index in [0.717, 1.165) is 0 Å². The third kappa shape index (κ3) is 7.80. The van der Waals surface area contributed by atoms with Gasteiger partial charge in [-0.3, -0.25) is 8.75 Å². The number of nitrogens with zero attached hydrogens (tertiary/aromatic N) is 2. The summed E-state index contributed by atoms with van der Waals surface area (Å²) < 4.78 is 14.0. The molecule has 0 aromatic rings. The maximum absolute atomic E-state index is 7.16. The molecule has 0 saturated heterocycles. The highest BCUT2D eigenvalue weighted by Gasteiger charge is 2.46. The summed E-state index contributed by atoms with van der Waals surface area (Å²) in [5.41, 5.74) is -0.365. The molecule has 0 amide bonds. The second-order valence-corrected chi connectivity index (χ2v) is 22.8. The largest absolute Gasteiger partial charge is 0.316 e. The summed E-state index contributed by atoms with van der Waals surface area (Å²) >= 11 is 7.16. The Morgan fingerprint density at radius 3 is 1.48 bits per heavy atom. The topological polar surface area (TPSA) is 24.8 Å². The Hall–Kier alpha value is 0.874. The van der Waals surface area contributed by atoms with Gasteiger partial charge in [0.05, 0.1) is 5.60 Å². The standard InChI is InChI=1S/C14H36ClN2OPSi2/c1-13(2,3)17(21(10,11)12)19(15,16-20(7,8)9)18-14(4,5)6/h1-12H3. The van der Waals surface area contributed by atoms with Crippen LogP contribution in [-0.4, -0.2) is 31.9 Å². The fraction of sp³-hybridized carbons (Fsp3) is 1.00. The predicted molar refractivity (Wildman–Crippen MR) is 104 cm³/mol. The highest BCUT2D eigenvalue weighted by molar-refractivity contribution is 7.87. The van der Waals surface area contributed by atoms with Gasteiger partial charge in [0.15, 0.2) is 8.24 Å². The molecule has 0 heterocycles. The number of rotatable bonds is 4. The minimum absolute atomic E-state index is 0.0611. The number of hydrogen-bond donors (Lipinski definition) is 0. The van der Waals surface area contributed by atoms with Crippen molar-refractivity contribution in [1.29, 1.82) is 0 Å². The molecule has 0 aliphatic heterocycles. The van der Waals surface area contributed by atoms with Crippen molar-refractivity contribution in [2.75, 3.05) is 0 Å². The van der Waals surface area contributed by atoms with Crippen LogP contribution in [0.25, 0.3) is 0 Å². The van der Waals surface area contributed by atoms with E-state index in [-0.39, 0.29) is 11.1 Å². The van der Waals surface area contributed by atoms with Crippen LogP contribution < -0.4 is 0 Å². The summed E-state index contributed by atoms with van der Waals surface area (Å²) in [6.07, 6.45) is 0. The molecule has 1 unspecified atom stereocenters. The molecule has 0 aromatic carbocycles. The van der Waals surface area contributed by atoms with Gasteiger partial charge in [0.25, 0.3) is 0 Å². The highest BCUT2D eigenvalue weighted by atomic mass is 35.7. The van der Waals surface area contributed by atoms with Crippen molar-refractivity contribution in [2.45, 2.75) is 92.0 Å². The van der Waals surface area contributed by atoms with E-state index in [1.165, 1.54) is 0 Å². The monoisotopic (exact) mass is 370 g/mol. The number of halogens is 1. The lowest BCUT2D eigenvalue weighted by Crippen LogP contribution is -2.53. The van der Waals surface area contributed by atoms with Gasteiger partial charge in [-0.1, -0.05) is 19.6 Å². The van der Waals surface area contributed by atoms with Crippen molar-refractivity contribution >= 4 is 34.5 Å². The second-order valence-electron chi connectivity index (χ2n) is 9.60. The summed E-state index contributed by atoms with van der Waals surface area (Å²) in [6, 6.07) is 0. The average Bonchev–Trinajstić information content (AvgIpc) is 1.83. The van der Waals surface area contributed by atoms with E-state index in [9.17, 15) is 0 Å². The quantitative estimate of drug-likeness (QED) is 0.403. The molecule has 0 fully saturated rings. The molecule has 0 N–H and O–H groups in total. The van der Waals surface area contributed by atoms with Gasteiger partial charge < -0.3 is 4.52 Å². The van der Waals surface area contributed by atoms with Crippen LogP contribution in [0.4, 0.5) is 0 Å². The summed E-state index contributed by atoms with van der Waals surface area (Å²) in [6.45, 7) is 24.0. The van der Waals surface area contributed by atoms with Gasteiger partial charge in [0.2, 0.25) is 6.78 Å². The van der Waals surface area contributed by atoms with Crippen LogP contribution in [0.3, 0.4) is 0 Å². The first kappa shape index (κ1) is 21.9. The lowest BCUT2D eigenvalue weighted by Gasteiger charge is -2.50. The van der Waals surface area contributed by atoms with E-state index < -0.39 is 23.3 Å². The fourth-order valence-electron chi connectivity index (χ4n) is 2.57. The van der Waals surface area contributed by atoms with E-state index in [1.807, 2.05) is 0 Å². The number of hydrogen-bond acceptors (Lipinski definition) is 2. The molecule has 0 aromatic heterocycles. The minimum Gasteiger partial charge on any atom is -0.316 e. The van der Waals surface area contributed by atoms with Crippen LogP contribution in [-0.2, 0) is 4.52 Å². The molecule has 0 aliphatic carbocycles. The van der Waals surface area contributed by atoms with Crippen LogP contribution >= 0.6 is 18.0 Å². The normalized spacial score (nSPS) is 17.8. The van der Waals surface area contributed by atoms with Gasteiger partial charge in [0.1, 0.15) is 8.24 Å². The maximum Gasteiger partial charge on any atom is 0.231 e. The average molecular weight is 371 g/mol. The Balaban J connectivity index is 6.30. The van der Waals surface area contributed by atoms with Gasteiger partial charge in [0, 0.05) is 5.54 Å². The molecule has 0 aliphatic rings. The maximum atomic E-state index is 7.16. The molecule has 3 nitrogen and oxygen atoms in total. The molecule has 128 valence electrons. The van der Waals surface area contributed by atoms with Crippen LogP contribution in [0.1, 0.15) is 41.5 Å². The van der Waals surface area contributed by atoms with Crippen LogP contribution in [0.5, 0.6) is 0 Å². The first-order chi connectivity index (χ1) is 8.78. The second kappa shape index (κ2) is 6.41. The van der Waals surface area contributed by atoms with E-state index in [0.29, 0.717) is 0 Å². The zero-order valence-electron chi connectivity index (χ0n) is 16.1. The van der Waals surface area contributed by atoms with Crippen molar-refractivity contribution < 1.29 is 4.52 Å². The van der Waals surface area contributed by atoms with E-state index in [1.54, 1.807) is 0 Å². The Kier molecular flexibility index (Phi) is 6.67. The summed E-state index contributed by atoms with van der Waals surface area (Å²) in [5.74, 6) is 0. The highest BCUT2D eigenvalue weighted by Crippen LogP contribution is 2.66. The van der Waals surface area contributed by atoms with Crippen LogP contribution in [0.15, 0.2) is 4.41 Å². The van der Waals surface area contributed by atoms with Crippen LogP contribution in [0.2, 0.25) is 39.3 Å². The summed E-state index contributed by atoms with van der Waals surface area (Å²) in [4.78, 5) is 0. The Bertz CT molecular complexity index is 401. The molecule has 7 heteroatoms. The van der Waals surface area contributed by atoms with Crippen molar-refractivity contribution in [1.82, 2.24) is 4.34 Å². The Labute approximate surface area is 140 Å². The third-order valence-electron chi connectivity index (χ3n) is 2.33. The molecule has 21 heavy (non-hydrogen) atoms. The lowest BCUT2D eigenvalue weighted by molar-refractivity contribution is 0.136. The zero-order chi connectivity index (χ0) is 17.5. The molecule has 0 rings (SSSR count). The van der Waals surface area contributed by atoms with Crippen LogP contribution in [0, 0.1) is 0 Å². The van der Waals surface area contributed by atoms with Crippen molar-refractivity contribution in [2.24, 2.45) is 4.41 Å².